The molecule has 4 heteroatoms. The van der Waals surface area contributed by atoms with Gasteiger partial charge in [-0.3, -0.25) is 0 Å². The first-order chi connectivity index (χ1) is 6.21. The van der Waals surface area contributed by atoms with Crippen LogP contribution in [0.5, 0.6) is 0 Å². The minimum Gasteiger partial charge on any atom is -0.323 e. The van der Waals surface area contributed by atoms with Crippen molar-refractivity contribution in [2.45, 2.75) is 18.9 Å². The van der Waals surface area contributed by atoms with Gasteiger partial charge in [0.05, 0.1) is 0 Å². The van der Waals surface area contributed by atoms with E-state index in [0.29, 0.717) is 0 Å². The Labute approximate surface area is 80.6 Å². The number of hydrogen-bond acceptors (Lipinski definition) is 4. The van der Waals surface area contributed by atoms with E-state index >= 15 is 0 Å². The molecule has 0 bridgehead atoms. The zero-order valence-electron chi connectivity index (χ0n) is 8.53. The first kappa shape index (κ1) is 10.9. The summed E-state index contributed by atoms with van der Waals surface area (Å²) < 4.78 is 0. The summed E-state index contributed by atoms with van der Waals surface area (Å²) in [5.74, 6) is 0. The zero-order valence-corrected chi connectivity index (χ0v) is 8.53. The molecule has 0 aromatic carbocycles. The van der Waals surface area contributed by atoms with Crippen molar-refractivity contribution in [1.82, 2.24) is 16.0 Å². The monoisotopic (exact) mass is 186 g/mol. The van der Waals surface area contributed by atoms with Crippen LogP contribution in [0.2, 0.25) is 0 Å². The Morgan fingerprint density at radius 1 is 0.923 bits per heavy atom. The first-order valence-electron chi connectivity index (χ1n) is 5.12. The zero-order chi connectivity index (χ0) is 9.57. The molecule has 13 heavy (non-hydrogen) atoms. The van der Waals surface area contributed by atoms with Crippen molar-refractivity contribution in [1.29, 1.82) is 0 Å². The van der Waals surface area contributed by atoms with E-state index in [1.54, 1.807) is 0 Å². The molecule has 78 valence electrons. The third kappa shape index (κ3) is 5.21. The summed E-state index contributed by atoms with van der Waals surface area (Å²) in [5, 5.41) is 10.1. The minimum absolute atomic E-state index is 0.121. The molecule has 1 heterocycles. The van der Waals surface area contributed by atoms with Crippen LogP contribution in [0, 0.1) is 0 Å². The Kier molecular flexibility index (Phi) is 4.66. The van der Waals surface area contributed by atoms with Crippen molar-refractivity contribution in [3.63, 3.8) is 0 Å². The van der Waals surface area contributed by atoms with Gasteiger partial charge >= 0.3 is 0 Å². The van der Waals surface area contributed by atoms with Gasteiger partial charge in [0.2, 0.25) is 0 Å². The van der Waals surface area contributed by atoms with Crippen LogP contribution >= 0.6 is 0 Å². The maximum absolute atomic E-state index is 6.07. The van der Waals surface area contributed by atoms with Crippen molar-refractivity contribution in [2.24, 2.45) is 5.73 Å². The Bertz CT molecular complexity index is 122. The van der Waals surface area contributed by atoms with Gasteiger partial charge in [-0.25, -0.2) is 0 Å². The van der Waals surface area contributed by atoms with Crippen LogP contribution in [0.15, 0.2) is 0 Å². The minimum atomic E-state index is -0.121. The summed E-state index contributed by atoms with van der Waals surface area (Å²) in [6.45, 7) is 8.04. The molecule has 5 N–H and O–H groups in total. The highest BCUT2D eigenvalue weighted by Gasteiger charge is 2.16. The molecule has 1 rings (SSSR count). The Balaban J connectivity index is 2.27. The predicted molar refractivity (Wildman–Crippen MR) is 55.8 cm³/mol. The van der Waals surface area contributed by atoms with E-state index in [1.807, 2.05) is 0 Å². The van der Waals surface area contributed by atoms with Gasteiger partial charge in [-0.05, 0) is 26.4 Å². The van der Waals surface area contributed by atoms with E-state index in [2.05, 4.69) is 22.9 Å². The molecule has 1 atom stereocenters. The molecule has 0 aromatic heterocycles. The third-order valence-corrected chi connectivity index (χ3v) is 2.24. The van der Waals surface area contributed by atoms with Crippen LogP contribution in [0.4, 0.5) is 0 Å². The van der Waals surface area contributed by atoms with Gasteiger partial charge < -0.3 is 21.7 Å². The number of rotatable bonds is 0. The standard InChI is InChI=1S/C9H22N4/c1-9(10)7-12-4-2-3-11-5-6-13-8-9/h11-13H,2-8,10H2,1H3. The average Bonchev–Trinajstić information content (AvgIpc) is 2.10. The molecule has 1 aliphatic heterocycles. The highest BCUT2D eigenvalue weighted by Crippen LogP contribution is 1.94. The summed E-state index contributed by atoms with van der Waals surface area (Å²) in [6, 6.07) is 0. The second-order valence-electron chi connectivity index (χ2n) is 4.11. The van der Waals surface area contributed by atoms with Crippen LogP contribution in [0.25, 0.3) is 0 Å². The molecule has 0 saturated carbocycles. The lowest BCUT2D eigenvalue weighted by Crippen LogP contribution is -2.53. The van der Waals surface area contributed by atoms with Gasteiger partial charge in [0.25, 0.3) is 0 Å². The summed E-state index contributed by atoms with van der Waals surface area (Å²) in [6.07, 6.45) is 1.18. The van der Waals surface area contributed by atoms with Crippen LogP contribution in [0.1, 0.15) is 13.3 Å². The molecule has 4 nitrogen and oxygen atoms in total. The van der Waals surface area contributed by atoms with Gasteiger partial charge in [-0.2, -0.15) is 0 Å². The third-order valence-electron chi connectivity index (χ3n) is 2.24. The topological polar surface area (TPSA) is 62.1 Å². The van der Waals surface area contributed by atoms with Gasteiger partial charge in [0.15, 0.2) is 0 Å². The summed E-state index contributed by atoms with van der Waals surface area (Å²) in [4.78, 5) is 0. The Hall–Kier alpha value is -0.160. The highest BCUT2D eigenvalue weighted by atomic mass is 15.0. The Morgan fingerprint density at radius 3 is 2.23 bits per heavy atom. The maximum atomic E-state index is 6.07. The van der Waals surface area contributed by atoms with E-state index in [1.165, 1.54) is 6.42 Å². The summed E-state index contributed by atoms with van der Waals surface area (Å²) in [5.41, 5.74) is 5.95. The first-order valence-corrected chi connectivity index (χ1v) is 5.12. The number of nitrogens with two attached hydrogens (primary N) is 1. The highest BCUT2D eigenvalue weighted by molar-refractivity contribution is 4.84. The molecule has 1 aliphatic rings. The fraction of sp³-hybridized carbons (Fsp3) is 1.00. The average molecular weight is 186 g/mol. The molecule has 0 spiro atoms. The second-order valence-corrected chi connectivity index (χ2v) is 4.11. The second kappa shape index (κ2) is 5.54. The quantitative estimate of drug-likeness (QED) is 0.387. The van der Waals surface area contributed by atoms with E-state index in [0.717, 1.165) is 39.3 Å². The molecule has 1 fully saturated rings. The Morgan fingerprint density at radius 2 is 1.46 bits per heavy atom. The van der Waals surface area contributed by atoms with Crippen molar-refractivity contribution in [3.8, 4) is 0 Å². The lowest BCUT2D eigenvalue weighted by Gasteiger charge is -2.25. The van der Waals surface area contributed by atoms with Gasteiger partial charge in [0, 0.05) is 31.7 Å². The SMILES string of the molecule is CC1(N)CNCCCNCCNC1. The largest absolute Gasteiger partial charge is 0.323 e. The molecule has 0 radical (unpaired) electrons. The lowest BCUT2D eigenvalue weighted by molar-refractivity contribution is 0.407. The predicted octanol–water partition coefficient (Wildman–Crippen LogP) is -1.12. The lowest BCUT2D eigenvalue weighted by atomic mass is 10.0. The molecular weight excluding hydrogens is 164 g/mol. The van der Waals surface area contributed by atoms with Crippen LogP contribution in [-0.2, 0) is 0 Å². The van der Waals surface area contributed by atoms with Crippen LogP contribution in [-0.4, -0.2) is 44.8 Å². The molecule has 0 aromatic rings. The molecule has 0 amide bonds. The van der Waals surface area contributed by atoms with Crippen molar-refractivity contribution in [3.05, 3.63) is 0 Å². The molecular formula is C9H22N4. The molecule has 0 aliphatic carbocycles. The summed E-state index contributed by atoms with van der Waals surface area (Å²) >= 11 is 0. The van der Waals surface area contributed by atoms with E-state index in [4.69, 9.17) is 5.73 Å². The van der Waals surface area contributed by atoms with Gasteiger partial charge in [0.1, 0.15) is 0 Å². The smallest absolute Gasteiger partial charge is 0.0378 e. The number of hydrogen-bond donors (Lipinski definition) is 4. The normalized spacial score (nSPS) is 33.7. The van der Waals surface area contributed by atoms with E-state index < -0.39 is 0 Å². The van der Waals surface area contributed by atoms with Gasteiger partial charge in [-0.1, -0.05) is 0 Å². The fourth-order valence-corrected chi connectivity index (χ4v) is 1.45. The van der Waals surface area contributed by atoms with Gasteiger partial charge in [-0.15, -0.1) is 0 Å². The van der Waals surface area contributed by atoms with E-state index in [-0.39, 0.29) is 5.54 Å². The number of nitrogens with one attached hydrogen (secondary N) is 3. The van der Waals surface area contributed by atoms with Crippen molar-refractivity contribution < 1.29 is 0 Å². The van der Waals surface area contributed by atoms with Crippen molar-refractivity contribution >= 4 is 0 Å². The fourth-order valence-electron chi connectivity index (χ4n) is 1.45. The van der Waals surface area contributed by atoms with Crippen LogP contribution < -0.4 is 21.7 Å². The van der Waals surface area contributed by atoms with Crippen LogP contribution in [0.3, 0.4) is 0 Å². The maximum Gasteiger partial charge on any atom is 0.0378 e. The van der Waals surface area contributed by atoms with E-state index in [9.17, 15) is 0 Å². The van der Waals surface area contributed by atoms with Crippen molar-refractivity contribution in [2.75, 3.05) is 39.3 Å². The molecule has 1 saturated heterocycles. The summed E-state index contributed by atoms with van der Waals surface area (Å²) in [7, 11) is 0. The molecule has 1 unspecified atom stereocenters.